The maximum atomic E-state index is 11.8. The van der Waals surface area contributed by atoms with Crippen LogP contribution in [0.2, 0.25) is 0 Å². The van der Waals surface area contributed by atoms with Crippen molar-refractivity contribution >= 4 is 5.91 Å². The Bertz CT molecular complexity index is 315. The molecule has 0 aromatic heterocycles. The van der Waals surface area contributed by atoms with Crippen molar-refractivity contribution in [2.75, 3.05) is 33.7 Å². The van der Waals surface area contributed by atoms with Gasteiger partial charge in [-0.1, -0.05) is 71.6 Å². The molecule has 0 saturated carbocycles. The van der Waals surface area contributed by atoms with Gasteiger partial charge in [-0.2, -0.15) is 0 Å². The van der Waals surface area contributed by atoms with Crippen molar-refractivity contribution in [2.24, 2.45) is 5.92 Å². The molecule has 0 aliphatic carbocycles. The van der Waals surface area contributed by atoms with Crippen LogP contribution >= 0.6 is 0 Å². The van der Waals surface area contributed by atoms with Crippen LogP contribution in [0.5, 0.6) is 0 Å². The first kappa shape index (κ1) is 24.4. The number of unbranched alkanes of at least 4 members (excludes halogenated alkanes) is 7. The van der Waals surface area contributed by atoms with Gasteiger partial charge in [0.1, 0.15) is 0 Å². The van der Waals surface area contributed by atoms with Crippen LogP contribution in [0.15, 0.2) is 0 Å². The zero-order valence-corrected chi connectivity index (χ0v) is 18.0. The summed E-state index contributed by atoms with van der Waals surface area (Å²) in [4.78, 5) is 11.8. The summed E-state index contributed by atoms with van der Waals surface area (Å²) < 4.78 is 1.04. The van der Waals surface area contributed by atoms with Gasteiger partial charge in [-0.3, -0.25) is 4.79 Å². The van der Waals surface area contributed by atoms with Crippen molar-refractivity contribution in [3.05, 3.63) is 0 Å². The quantitative estimate of drug-likeness (QED) is 0.269. The van der Waals surface area contributed by atoms with Gasteiger partial charge in [0.2, 0.25) is 5.91 Å². The summed E-state index contributed by atoms with van der Waals surface area (Å²) in [6, 6.07) is 0. The molecule has 1 amide bonds. The Morgan fingerprint density at radius 2 is 1.44 bits per heavy atom. The molecule has 0 aromatic carbocycles. The number of quaternary nitrogens is 1. The maximum absolute atomic E-state index is 11.8. The third kappa shape index (κ3) is 16.6. The fourth-order valence-electron chi connectivity index (χ4n) is 3.02. The van der Waals surface area contributed by atoms with Crippen LogP contribution in [0.3, 0.4) is 0 Å². The molecule has 0 aromatic rings. The first-order chi connectivity index (χ1) is 11.9. The lowest BCUT2D eigenvalue weighted by Crippen LogP contribution is -2.41. The highest BCUT2D eigenvalue weighted by Gasteiger charge is 2.10. The lowest BCUT2D eigenvalue weighted by molar-refractivity contribution is -0.888. The van der Waals surface area contributed by atoms with E-state index in [1.165, 1.54) is 57.8 Å². The molecule has 1 unspecified atom stereocenters. The zero-order chi connectivity index (χ0) is 19.0. The van der Waals surface area contributed by atoms with Crippen molar-refractivity contribution in [1.29, 1.82) is 0 Å². The average molecular weight is 356 g/mol. The van der Waals surface area contributed by atoms with E-state index in [0.717, 1.165) is 42.9 Å². The zero-order valence-electron chi connectivity index (χ0n) is 18.0. The summed E-state index contributed by atoms with van der Waals surface area (Å²) in [7, 11) is 4.49. The van der Waals surface area contributed by atoms with E-state index in [1.54, 1.807) is 0 Å². The molecule has 0 rings (SSSR count). The maximum Gasteiger partial charge on any atom is 0.219 e. The lowest BCUT2D eigenvalue weighted by Gasteiger charge is -2.28. The Morgan fingerprint density at radius 3 is 2.00 bits per heavy atom. The summed E-state index contributed by atoms with van der Waals surface area (Å²) in [5.41, 5.74) is 0. The van der Waals surface area contributed by atoms with Crippen LogP contribution in [0.4, 0.5) is 0 Å². The van der Waals surface area contributed by atoms with E-state index in [9.17, 15) is 4.79 Å². The Labute approximate surface area is 158 Å². The Hall–Kier alpha value is -0.570. The normalized spacial score (nSPS) is 13.0. The number of hydrogen-bond acceptors (Lipinski definition) is 1. The van der Waals surface area contributed by atoms with Crippen LogP contribution in [0.25, 0.3) is 0 Å². The van der Waals surface area contributed by atoms with Crippen LogP contribution in [-0.2, 0) is 4.79 Å². The van der Waals surface area contributed by atoms with Crippen LogP contribution in [0.1, 0.15) is 97.8 Å². The summed E-state index contributed by atoms with van der Waals surface area (Å²) in [5.74, 6) is 1.15. The molecule has 0 radical (unpaired) electrons. The second-order valence-electron chi connectivity index (χ2n) is 8.56. The van der Waals surface area contributed by atoms with Gasteiger partial charge in [-0.25, -0.2) is 0 Å². The van der Waals surface area contributed by atoms with Gasteiger partial charge in [0, 0.05) is 19.4 Å². The summed E-state index contributed by atoms with van der Waals surface area (Å²) >= 11 is 0. The third-order valence-corrected chi connectivity index (χ3v) is 5.67. The molecule has 0 spiro atoms. The van der Waals surface area contributed by atoms with Gasteiger partial charge < -0.3 is 9.80 Å². The molecule has 0 fully saturated rings. The van der Waals surface area contributed by atoms with Crippen molar-refractivity contribution in [3.63, 3.8) is 0 Å². The lowest BCUT2D eigenvalue weighted by atomic mass is 9.99. The molecule has 1 N–H and O–H groups in total. The molecule has 150 valence electrons. The second-order valence-corrected chi connectivity index (χ2v) is 8.56. The first-order valence-corrected chi connectivity index (χ1v) is 11.0. The number of rotatable bonds is 17. The molecular weight excluding hydrogens is 308 g/mol. The molecule has 3 nitrogen and oxygen atoms in total. The summed E-state index contributed by atoms with van der Waals surface area (Å²) in [5, 5.41) is 3.07. The smallest absolute Gasteiger partial charge is 0.219 e. The minimum absolute atomic E-state index is 0.242. The average Bonchev–Trinajstić information content (AvgIpc) is 2.60. The largest absolute Gasteiger partial charge is 0.356 e. The fourth-order valence-corrected chi connectivity index (χ4v) is 3.02. The molecule has 0 aliphatic heterocycles. The fraction of sp³-hybridized carbons (Fsp3) is 0.955. The SMILES string of the molecule is CCC(C)CCCCCCCCCCC(=O)NCCC[N+](C)(C)CC. The highest BCUT2D eigenvalue weighted by molar-refractivity contribution is 5.75. The number of carbonyl (C=O) groups is 1. The predicted octanol–water partition coefficient (Wildman–Crippen LogP) is 5.54. The van der Waals surface area contributed by atoms with Crippen LogP contribution in [0, 0.1) is 5.92 Å². The van der Waals surface area contributed by atoms with E-state index in [4.69, 9.17) is 0 Å². The molecule has 1 atom stereocenters. The van der Waals surface area contributed by atoms with Gasteiger partial charge in [-0.05, 0) is 19.3 Å². The minimum atomic E-state index is 0.242. The standard InChI is InChI=1S/C22H46N2O/c1-6-21(3)17-14-12-10-8-9-11-13-15-18-22(25)23-19-16-20-24(4,5)7-2/h21H,6-20H2,1-5H3/p+1. The van der Waals surface area contributed by atoms with Gasteiger partial charge in [0.05, 0.1) is 27.2 Å². The van der Waals surface area contributed by atoms with Crippen molar-refractivity contribution in [3.8, 4) is 0 Å². The molecule has 0 aliphatic rings. The Kier molecular flexibility index (Phi) is 15.3. The number of hydrogen-bond donors (Lipinski definition) is 1. The van der Waals surface area contributed by atoms with E-state index in [-0.39, 0.29) is 5.91 Å². The minimum Gasteiger partial charge on any atom is -0.356 e. The molecule has 3 heteroatoms. The Morgan fingerprint density at radius 1 is 0.880 bits per heavy atom. The topological polar surface area (TPSA) is 29.1 Å². The van der Waals surface area contributed by atoms with E-state index in [0.29, 0.717) is 6.42 Å². The van der Waals surface area contributed by atoms with Gasteiger partial charge in [0.25, 0.3) is 0 Å². The number of nitrogens with one attached hydrogen (secondary N) is 1. The van der Waals surface area contributed by atoms with E-state index in [1.807, 2.05) is 0 Å². The molecule has 0 heterocycles. The molecule has 25 heavy (non-hydrogen) atoms. The summed E-state index contributed by atoms with van der Waals surface area (Å²) in [6.45, 7) is 9.97. The van der Waals surface area contributed by atoms with Gasteiger partial charge in [-0.15, -0.1) is 0 Å². The van der Waals surface area contributed by atoms with Crippen molar-refractivity contribution in [1.82, 2.24) is 5.32 Å². The third-order valence-electron chi connectivity index (χ3n) is 5.67. The van der Waals surface area contributed by atoms with Gasteiger partial charge >= 0.3 is 0 Å². The molecule has 0 saturated heterocycles. The van der Waals surface area contributed by atoms with E-state index < -0.39 is 0 Å². The number of amides is 1. The highest BCUT2D eigenvalue weighted by atomic mass is 16.1. The monoisotopic (exact) mass is 355 g/mol. The number of carbonyl (C=O) groups excluding carboxylic acids is 1. The van der Waals surface area contributed by atoms with Crippen LogP contribution < -0.4 is 5.32 Å². The van der Waals surface area contributed by atoms with Crippen molar-refractivity contribution in [2.45, 2.75) is 97.8 Å². The summed E-state index contributed by atoms with van der Waals surface area (Å²) in [6.07, 6.45) is 15.0. The highest BCUT2D eigenvalue weighted by Crippen LogP contribution is 2.15. The second kappa shape index (κ2) is 15.7. The van der Waals surface area contributed by atoms with E-state index >= 15 is 0 Å². The Balaban J connectivity index is 3.30. The van der Waals surface area contributed by atoms with Gasteiger partial charge in [0.15, 0.2) is 0 Å². The molecular formula is C22H47N2O+. The van der Waals surface area contributed by atoms with Crippen molar-refractivity contribution < 1.29 is 9.28 Å². The first-order valence-electron chi connectivity index (χ1n) is 11.0. The van der Waals surface area contributed by atoms with Crippen LogP contribution in [-0.4, -0.2) is 44.1 Å². The van der Waals surface area contributed by atoms with E-state index in [2.05, 4.69) is 40.2 Å². The predicted molar refractivity (Wildman–Crippen MR) is 111 cm³/mol. The number of nitrogens with zero attached hydrogens (tertiary/aromatic N) is 1. The molecule has 0 bridgehead atoms.